The molecular formula is C12H12O3. The molecule has 0 spiro atoms. The molecule has 0 amide bonds. The number of carbonyl (C=O) groups excluding carboxylic acids is 1. The molecule has 0 atom stereocenters. The fraction of sp³-hybridized carbons (Fsp3) is 0.250. The van der Waals surface area contributed by atoms with Gasteiger partial charge in [0.25, 0.3) is 0 Å². The van der Waals surface area contributed by atoms with Crippen LogP contribution < -0.4 is 0 Å². The standard InChI is InChI=1S/C12H12O3/c1-2-9-5-3-4-6-10(9)12(13)11-7-14-8-15-11/h3-7H,2,8H2,1H3. The number of rotatable bonds is 3. The van der Waals surface area contributed by atoms with Crippen molar-refractivity contribution in [2.24, 2.45) is 0 Å². The van der Waals surface area contributed by atoms with E-state index in [1.165, 1.54) is 6.26 Å². The van der Waals surface area contributed by atoms with Gasteiger partial charge in [-0.2, -0.15) is 0 Å². The largest absolute Gasteiger partial charge is 0.461 e. The smallest absolute Gasteiger partial charge is 0.231 e. The Labute approximate surface area is 88.3 Å². The predicted octanol–water partition coefficient (Wildman–Crippen LogP) is 2.28. The minimum Gasteiger partial charge on any atom is -0.461 e. The zero-order chi connectivity index (χ0) is 10.7. The summed E-state index contributed by atoms with van der Waals surface area (Å²) in [6.07, 6.45) is 2.20. The minimum atomic E-state index is -0.107. The summed E-state index contributed by atoms with van der Waals surface area (Å²) < 4.78 is 9.93. The van der Waals surface area contributed by atoms with E-state index in [0.29, 0.717) is 5.56 Å². The number of ketones is 1. The van der Waals surface area contributed by atoms with Gasteiger partial charge in [-0.1, -0.05) is 31.2 Å². The Kier molecular flexibility index (Phi) is 2.72. The van der Waals surface area contributed by atoms with Crippen molar-refractivity contribution in [3.8, 4) is 0 Å². The molecular weight excluding hydrogens is 192 g/mol. The van der Waals surface area contributed by atoms with Crippen LogP contribution in [0.25, 0.3) is 0 Å². The number of benzene rings is 1. The summed E-state index contributed by atoms with van der Waals surface area (Å²) >= 11 is 0. The fourth-order valence-electron chi connectivity index (χ4n) is 1.54. The third-order valence-corrected chi connectivity index (χ3v) is 2.34. The molecule has 0 fully saturated rings. The van der Waals surface area contributed by atoms with Gasteiger partial charge in [-0.05, 0) is 12.0 Å². The first kappa shape index (κ1) is 9.77. The van der Waals surface area contributed by atoms with Crippen LogP contribution >= 0.6 is 0 Å². The van der Waals surface area contributed by atoms with Crippen molar-refractivity contribution >= 4 is 5.78 Å². The zero-order valence-electron chi connectivity index (χ0n) is 8.53. The molecule has 3 nitrogen and oxygen atoms in total. The van der Waals surface area contributed by atoms with Crippen LogP contribution in [0.4, 0.5) is 0 Å². The summed E-state index contributed by atoms with van der Waals surface area (Å²) in [5, 5.41) is 0. The molecule has 1 aromatic rings. The predicted molar refractivity (Wildman–Crippen MR) is 55.3 cm³/mol. The molecule has 0 aromatic heterocycles. The Morgan fingerprint density at radius 3 is 2.87 bits per heavy atom. The van der Waals surface area contributed by atoms with E-state index in [9.17, 15) is 4.79 Å². The molecule has 3 heteroatoms. The van der Waals surface area contributed by atoms with E-state index in [2.05, 4.69) is 0 Å². The van der Waals surface area contributed by atoms with E-state index in [1.54, 1.807) is 0 Å². The normalized spacial score (nSPS) is 14.1. The second kappa shape index (κ2) is 4.17. The number of aryl methyl sites for hydroxylation is 1. The van der Waals surface area contributed by atoms with E-state index in [4.69, 9.17) is 9.47 Å². The molecule has 0 N–H and O–H groups in total. The van der Waals surface area contributed by atoms with Crippen molar-refractivity contribution in [1.29, 1.82) is 0 Å². The Bertz CT molecular complexity index is 407. The van der Waals surface area contributed by atoms with Crippen LogP contribution in [-0.4, -0.2) is 12.6 Å². The van der Waals surface area contributed by atoms with Crippen LogP contribution in [0.5, 0.6) is 0 Å². The van der Waals surface area contributed by atoms with Crippen molar-refractivity contribution in [3.05, 3.63) is 47.4 Å². The molecule has 0 radical (unpaired) electrons. The molecule has 0 saturated heterocycles. The van der Waals surface area contributed by atoms with Crippen molar-refractivity contribution in [2.75, 3.05) is 6.79 Å². The highest BCUT2D eigenvalue weighted by atomic mass is 16.7. The van der Waals surface area contributed by atoms with E-state index < -0.39 is 0 Å². The highest BCUT2D eigenvalue weighted by Crippen LogP contribution is 2.17. The van der Waals surface area contributed by atoms with Crippen LogP contribution in [0.15, 0.2) is 36.3 Å². The first-order valence-electron chi connectivity index (χ1n) is 4.90. The van der Waals surface area contributed by atoms with E-state index >= 15 is 0 Å². The monoisotopic (exact) mass is 204 g/mol. The lowest BCUT2D eigenvalue weighted by molar-refractivity contribution is 0.0684. The molecule has 0 bridgehead atoms. The maximum absolute atomic E-state index is 12.0. The lowest BCUT2D eigenvalue weighted by atomic mass is 10.0. The van der Waals surface area contributed by atoms with Gasteiger partial charge in [-0.25, -0.2) is 0 Å². The number of hydrogen-bond donors (Lipinski definition) is 0. The van der Waals surface area contributed by atoms with Gasteiger partial charge in [0, 0.05) is 5.56 Å². The maximum atomic E-state index is 12.0. The molecule has 1 aliphatic heterocycles. The van der Waals surface area contributed by atoms with Gasteiger partial charge < -0.3 is 9.47 Å². The summed E-state index contributed by atoms with van der Waals surface area (Å²) in [6.45, 7) is 2.15. The van der Waals surface area contributed by atoms with Crippen molar-refractivity contribution in [2.45, 2.75) is 13.3 Å². The summed E-state index contributed by atoms with van der Waals surface area (Å²) in [5.41, 5.74) is 1.72. The third kappa shape index (κ3) is 1.86. The highest BCUT2D eigenvalue weighted by Gasteiger charge is 2.19. The van der Waals surface area contributed by atoms with Gasteiger partial charge in [-0.3, -0.25) is 4.79 Å². The second-order valence-electron chi connectivity index (χ2n) is 3.25. The lowest BCUT2D eigenvalue weighted by Crippen LogP contribution is -2.06. The van der Waals surface area contributed by atoms with Crippen LogP contribution in [0, 0.1) is 0 Å². The minimum absolute atomic E-state index is 0.107. The van der Waals surface area contributed by atoms with Gasteiger partial charge in [0.2, 0.25) is 18.3 Å². The quantitative estimate of drug-likeness (QED) is 0.708. The lowest BCUT2D eigenvalue weighted by Gasteiger charge is -2.05. The highest BCUT2D eigenvalue weighted by molar-refractivity contribution is 6.08. The SMILES string of the molecule is CCc1ccccc1C(=O)C1=COCO1. The number of carbonyl (C=O) groups is 1. The van der Waals surface area contributed by atoms with Crippen LogP contribution in [-0.2, 0) is 15.9 Å². The molecule has 1 aromatic carbocycles. The molecule has 1 heterocycles. The maximum Gasteiger partial charge on any atom is 0.231 e. The van der Waals surface area contributed by atoms with Gasteiger partial charge in [0.15, 0.2) is 0 Å². The molecule has 0 unspecified atom stereocenters. The molecule has 0 saturated carbocycles. The zero-order valence-corrected chi connectivity index (χ0v) is 8.53. The average molecular weight is 204 g/mol. The summed E-state index contributed by atoms with van der Waals surface area (Å²) in [7, 11) is 0. The first-order valence-corrected chi connectivity index (χ1v) is 4.90. The second-order valence-corrected chi connectivity index (χ2v) is 3.25. The molecule has 15 heavy (non-hydrogen) atoms. The molecule has 2 rings (SSSR count). The van der Waals surface area contributed by atoms with Crippen LogP contribution in [0.1, 0.15) is 22.8 Å². The Balaban J connectivity index is 2.32. The molecule has 78 valence electrons. The van der Waals surface area contributed by atoms with Gasteiger partial charge >= 0.3 is 0 Å². The first-order chi connectivity index (χ1) is 7.33. The van der Waals surface area contributed by atoms with Gasteiger partial charge in [0.1, 0.15) is 6.26 Å². The molecule has 0 aliphatic carbocycles. The van der Waals surface area contributed by atoms with Crippen molar-refractivity contribution in [3.63, 3.8) is 0 Å². The third-order valence-electron chi connectivity index (χ3n) is 2.34. The van der Waals surface area contributed by atoms with Crippen LogP contribution in [0.2, 0.25) is 0 Å². The van der Waals surface area contributed by atoms with Crippen molar-refractivity contribution in [1.82, 2.24) is 0 Å². The number of allylic oxidation sites excluding steroid dienone is 1. The Morgan fingerprint density at radius 1 is 1.40 bits per heavy atom. The average Bonchev–Trinajstić information content (AvgIpc) is 2.81. The topological polar surface area (TPSA) is 35.5 Å². The van der Waals surface area contributed by atoms with Gasteiger partial charge in [0.05, 0.1) is 0 Å². The van der Waals surface area contributed by atoms with Crippen molar-refractivity contribution < 1.29 is 14.3 Å². The fourth-order valence-corrected chi connectivity index (χ4v) is 1.54. The van der Waals surface area contributed by atoms with E-state index in [-0.39, 0.29) is 18.3 Å². The number of ether oxygens (including phenoxy) is 2. The Morgan fingerprint density at radius 2 is 2.20 bits per heavy atom. The summed E-state index contributed by atoms with van der Waals surface area (Å²) in [5.74, 6) is 0.181. The number of Topliss-reactive ketones (excluding diaryl/α,β-unsaturated/α-hetero) is 1. The van der Waals surface area contributed by atoms with E-state index in [0.717, 1.165) is 12.0 Å². The summed E-state index contributed by atoms with van der Waals surface area (Å²) in [6, 6.07) is 7.53. The van der Waals surface area contributed by atoms with Gasteiger partial charge in [-0.15, -0.1) is 0 Å². The summed E-state index contributed by atoms with van der Waals surface area (Å²) in [4.78, 5) is 12.0. The molecule has 1 aliphatic rings. The number of hydrogen-bond acceptors (Lipinski definition) is 3. The van der Waals surface area contributed by atoms with Crippen LogP contribution in [0.3, 0.4) is 0 Å². The van der Waals surface area contributed by atoms with E-state index in [1.807, 2.05) is 31.2 Å². The Hall–Kier alpha value is -1.77.